The minimum atomic E-state index is -0.0490. The molecular weight excluding hydrogens is 412 g/mol. The molecule has 3 heterocycles. The first-order valence-corrected chi connectivity index (χ1v) is 11.6. The van der Waals surface area contributed by atoms with Crippen LogP contribution in [0.5, 0.6) is 0 Å². The van der Waals surface area contributed by atoms with Crippen LogP contribution in [0.25, 0.3) is 0 Å². The highest BCUT2D eigenvalue weighted by molar-refractivity contribution is 6.33. The molecule has 1 aromatic heterocycles. The summed E-state index contributed by atoms with van der Waals surface area (Å²) in [6, 6.07) is 10.2. The summed E-state index contributed by atoms with van der Waals surface area (Å²) in [5.74, 6) is 0.553. The molecule has 166 valence electrons. The average molecular weight is 443 g/mol. The van der Waals surface area contributed by atoms with Crippen LogP contribution in [0.1, 0.15) is 47.2 Å². The molecule has 0 aliphatic carbocycles. The normalized spacial score (nSPS) is 17.9. The van der Waals surface area contributed by atoms with E-state index in [2.05, 4.69) is 39.5 Å². The van der Waals surface area contributed by atoms with Crippen LogP contribution in [-0.2, 0) is 17.8 Å². The number of halogens is 1. The number of hydrogen-bond donors (Lipinski definition) is 1. The molecule has 31 heavy (non-hydrogen) atoms. The molecule has 1 N–H and O–H groups in total. The molecule has 6 nitrogen and oxygen atoms in total. The molecule has 2 saturated heterocycles. The maximum atomic E-state index is 12.6. The second-order valence-corrected chi connectivity index (χ2v) is 8.68. The number of aromatic nitrogens is 1. The minimum Gasteiger partial charge on any atom is -0.378 e. The third-order valence-electron chi connectivity index (χ3n) is 6.04. The van der Waals surface area contributed by atoms with Gasteiger partial charge in [-0.15, -0.1) is 0 Å². The van der Waals surface area contributed by atoms with Gasteiger partial charge < -0.3 is 15.0 Å². The summed E-state index contributed by atoms with van der Waals surface area (Å²) in [6.45, 7) is 6.32. The lowest BCUT2D eigenvalue weighted by molar-refractivity contribution is 0.0302. The average Bonchev–Trinajstić information content (AvgIpc) is 3.08. The Kier molecular flexibility index (Phi) is 7.78. The van der Waals surface area contributed by atoms with Crippen molar-refractivity contribution in [2.45, 2.75) is 38.8 Å². The second-order valence-electron chi connectivity index (χ2n) is 8.27. The van der Waals surface area contributed by atoms with E-state index in [9.17, 15) is 4.79 Å². The molecule has 1 aromatic carbocycles. The van der Waals surface area contributed by atoms with E-state index in [-0.39, 0.29) is 5.91 Å². The Bertz CT molecular complexity index is 878. The fourth-order valence-corrected chi connectivity index (χ4v) is 4.47. The van der Waals surface area contributed by atoms with Gasteiger partial charge in [0.25, 0.3) is 5.91 Å². The zero-order valence-electron chi connectivity index (χ0n) is 18.0. The lowest BCUT2D eigenvalue weighted by atomic mass is 10.1. The first kappa shape index (κ1) is 22.1. The van der Waals surface area contributed by atoms with Crippen molar-refractivity contribution in [3.63, 3.8) is 0 Å². The number of ether oxygens (including phenoxy) is 1. The zero-order chi connectivity index (χ0) is 21.5. The van der Waals surface area contributed by atoms with Crippen molar-refractivity contribution in [2.75, 3.05) is 44.7 Å². The van der Waals surface area contributed by atoms with Crippen molar-refractivity contribution in [1.29, 1.82) is 0 Å². The van der Waals surface area contributed by atoms with E-state index in [1.54, 1.807) is 17.2 Å². The van der Waals surface area contributed by atoms with E-state index in [1.807, 2.05) is 0 Å². The molecule has 0 saturated carbocycles. The van der Waals surface area contributed by atoms with E-state index in [1.165, 1.54) is 49.9 Å². The summed E-state index contributed by atoms with van der Waals surface area (Å²) in [6.07, 6.45) is 6.86. The van der Waals surface area contributed by atoms with Gasteiger partial charge >= 0.3 is 0 Å². The lowest BCUT2D eigenvalue weighted by Crippen LogP contribution is -2.40. The molecule has 4 rings (SSSR count). The van der Waals surface area contributed by atoms with Gasteiger partial charge in [0.05, 0.1) is 23.8 Å². The molecule has 2 aliphatic rings. The highest BCUT2D eigenvalue weighted by atomic mass is 35.5. The molecule has 0 unspecified atom stereocenters. The maximum absolute atomic E-state index is 12.6. The molecule has 1 amide bonds. The van der Waals surface area contributed by atoms with Crippen molar-refractivity contribution in [1.82, 2.24) is 14.8 Å². The molecular formula is C24H31ClN4O2. The fraction of sp³-hybridized carbons (Fsp3) is 0.500. The Morgan fingerprint density at radius 3 is 2.45 bits per heavy atom. The fourth-order valence-electron chi connectivity index (χ4n) is 4.23. The number of carbonyl (C=O) groups excluding carboxylic acids is 1. The van der Waals surface area contributed by atoms with Gasteiger partial charge in [0.1, 0.15) is 5.82 Å². The van der Waals surface area contributed by atoms with Gasteiger partial charge in [0.2, 0.25) is 0 Å². The zero-order valence-corrected chi connectivity index (χ0v) is 18.7. The van der Waals surface area contributed by atoms with Gasteiger partial charge in [-0.1, -0.05) is 48.7 Å². The number of amides is 1. The molecule has 2 fully saturated rings. The van der Waals surface area contributed by atoms with Gasteiger partial charge in [-0.3, -0.25) is 9.69 Å². The Hall–Kier alpha value is -2.15. The first-order valence-electron chi connectivity index (χ1n) is 11.3. The largest absolute Gasteiger partial charge is 0.378 e. The van der Waals surface area contributed by atoms with Gasteiger partial charge in [0, 0.05) is 32.4 Å². The van der Waals surface area contributed by atoms with Crippen LogP contribution in [-0.4, -0.2) is 60.1 Å². The number of hydrogen-bond acceptors (Lipinski definition) is 5. The summed E-state index contributed by atoms with van der Waals surface area (Å²) < 4.78 is 5.32. The summed E-state index contributed by atoms with van der Waals surface area (Å²) >= 11 is 6.46. The summed E-state index contributed by atoms with van der Waals surface area (Å²) in [5.41, 5.74) is 3.10. The van der Waals surface area contributed by atoms with Crippen LogP contribution in [0.2, 0.25) is 5.02 Å². The van der Waals surface area contributed by atoms with Crippen LogP contribution in [0.3, 0.4) is 0 Å². The van der Waals surface area contributed by atoms with Crippen molar-refractivity contribution in [3.05, 3.63) is 58.2 Å². The number of nitrogens with one attached hydrogen (secondary N) is 1. The summed E-state index contributed by atoms with van der Waals surface area (Å²) in [7, 11) is 0. The van der Waals surface area contributed by atoms with E-state index in [0.717, 1.165) is 6.54 Å². The Balaban J connectivity index is 1.39. The SMILES string of the molecule is O=C(c1cnc(NCc2ccccc2CN2CCCCCC2)c(Cl)c1)N1CCOCC1. The van der Waals surface area contributed by atoms with Crippen LogP contribution in [0.15, 0.2) is 36.5 Å². The van der Waals surface area contributed by atoms with Crippen molar-refractivity contribution < 1.29 is 9.53 Å². The van der Waals surface area contributed by atoms with Crippen LogP contribution in [0, 0.1) is 0 Å². The molecule has 0 bridgehead atoms. The minimum absolute atomic E-state index is 0.0490. The Morgan fingerprint density at radius 1 is 1.03 bits per heavy atom. The van der Waals surface area contributed by atoms with Gasteiger partial charge in [-0.25, -0.2) is 4.98 Å². The van der Waals surface area contributed by atoms with E-state index in [0.29, 0.717) is 49.3 Å². The standard InChI is InChI=1S/C24H31ClN4O2/c25-22-15-21(24(30)29-11-13-31-14-12-29)17-27-23(22)26-16-19-7-3-4-8-20(19)18-28-9-5-1-2-6-10-28/h3-4,7-8,15,17H,1-2,5-6,9-14,16,18H2,(H,26,27). The number of likely N-dealkylation sites (tertiary alicyclic amines) is 1. The van der Waals surface area contributed by atoms with Gasteiger partial charge in [-0.05, 0) is 43.1 Å². The number of nitrogens with zero attached hydrogens (tertiary/aromatic N) is 3. The first-order chi connectivity index (χ1) is 15.2. The Morgan fingerprint density at radius 2 is 1.74 bits per heavy atom. The number of pyridine rings is 1. The number of carbonyl (C=O) groups is 1. The maximum Gasteiger partial charge on any atom is 0.255 e. The van der Waals surface area contributed by atoms with Crippen molar-refractivity contribution >= 4 is 23.3 Å². The Labute approximate surface area is 189 Å². The third-order valence-corrected chi connectivity index (χ3v) is 6.33. The van der Waals surface area contributed by atoms with E-state index < -0.39 is 0 Å². The van der Waals surface area contributed by atoms with E-state index >= 15 is 0 Å². The topological polar surface area (TPSA) is 57.7 Å². The summed E-state index contributed by atoms with van der Waals surface area (Å²) in [5, 5.41) is 3.82. The molecule has 0 spiro atoms. The lowest BCUT2D eigenvalue weighted by Gasteiger charge is -2.26. The monoisotopic (exact) mass is 442 g/mol. The molecule has 2 aromatic rings. The highest BCUT2D eigenvalue weighted by Crippen LogP contribution is 2.23. The van der Waals surface area contributed by atoms with Crippen LogP contribution < -0.4 is 5.32 Å². The predicted octanol–water partition coefficient (Wildman–Crippen LogP) is 4.20. The number of rotatable bonds is 6. The smallest absolute Gasteiger partial charge is 0.255 e. The third kappa shape index (κ3) is 5.97. The van der Waals surface area contributed by atoms with Crippen LogP contribution in [0.4, 0.5) is 5.82 Å². The molecule has 2 aliphatic heterocycles. The quantitative estimate of drug-likeness (QED) is 0.726. The van der Waals surface area contributed by atoms with E-state index in [4.69, 9.17) is 16.3 Å². The predicted molar refractivity (Wildman–Crippen MR) is 123 cm³/mol. The second kappa shape index (κ2) is 10.9. The number of morpholine rings is 1. The van der Waals surface area contributed by atoms with Crippen LogP contribution >= 0.6 is 11.6 Å². The highest BCUT2D eigenvalue weighted by Gasteiger charge is 2.20. The molecule has 0 atom stereocenters. The number of anilines is 1. The van der Waals surface area contributed by atoms with Gasteiger partial charge in [0.15, 0.2) is 0 Å². The molecule has 7 heteroatoms. The van der Waals surface area contributed by atoms with Gasteiger partial charge in [-0.2, -0.15) is 0 Å². The summed E-state index contributed by atoms with van der Waals surface area (Å²) in [4.78, 5) is 21.4. The molecule has 0 radical (unpaired) electrons. The van der Waals surface area contributed by atoms with Crippen molar-refractivity contribution in [2.24, 2.45) is 0 Å². The number of benzene rings is 1. The van der Waals surface area contributed by atoms with Crippen molar-refractivity contribution in [3.8, 4) is 0 Å².